The molecule has 35 heavy (non-hydrogen) atoms. The van der Waals surface area contributed by atoms with Gasteiger partial charge in [0.15, 0.2) is 0 Å². The highest BCUT2D eigenvalue weighted by Gasteiger charge is 2.46. The lowest BCUT2D eigenvalue weighted by atomic mass is 10.0. The highest BCUT2D eigenvalue weighted by atomic mass is 19.4. The smallest absolute Gasteiger partial charge is 0.394 e. The third-order valence-corrected chi connectivity index (χ3v) is 6.41. The fourth-order valence-electron chi connectivity index (χ4n) is 4.64. The molecule has 0 radical (unpaired) electrons. The first kappa shape index (κ1) is 25.2. The van der Waals surface area contributed by atoms with Crippen molar-refractivity contribution < 1.29 is 32.9 Å². The number of halogens is 3. The van der Waals surface area contributed by atoms with Crippen LogP contribution >= 0.6 is 0 Å². The van der Waals surface area contributed by atoms with Crippen LogP contribution in [-0.4, -0.2) is 84.8 Å². The quantitative estimate of drug-likeness (QED) is 0.492. The second-order valence-electron chi connectivity index (χ2n) is 8.65. The summed E-state index contributed by atoms with van der Waals surface area (Å²) in [7, 11) is 0. The van der Waals surface area contributed by atoms with E-state index in [-0.39, 0.29) is 13.2 Å². The number of para-hydroxylation sites is 1. The van der Waals surface area contributed by atoms with Gasteiger partial charge in [0.25, 0.3) is 0 Å². The third-order valence-electron chi connectivity index (χ3n) is 6.41. The molecule has 0 aromatic heterocycles. The van der Waals surface area contributed by atoms with E-state index in [0.29, 0.717) is 37.6 Å². The summed E-state index contributed by atoms with van der Waals surface area (Å²) in [6.45, 7) is 1.63. The summed E-state index contributed by atoms with van der Waals surface area (Å²) in [6.07, 6.45) is -6.73. The van der Waals surface area contributed by atoms with Gasteiger partial charge in [0, 0.05) is 44.1 Å². The van der Waals surface area contributed by atoms with E-state index < -0.39 is 42.1 Å². The number of anilines is 2. The predicted molar refractivity (Wildman–Crippen MR) is 124 cm³/mol. The standard InChI is InChI=1S/C24H29F3N4O4/c25-24(26,27)16-5-4-8-18(13-16)30-9-11-31(12-10-30)21-19(35-20(15-32)22(21)33)14-28-23(34)29-17-6-2-1-3-7-17/h1-8,13,19-22,32-33H,9-12,14-15H2,(H2,28,29,34). The number of urea groups is 1. The molecule has 2 aliphatic rings. The van der Waals surface area contributed by atoms with Gasteiger partial charge in [-0.05, 0) is 30.3 Å². The number of piperazine rings is 1. The molecule has 4 atom stereocenters. The van der Waals surface area contributed by atoms with Crippen LogP contribution in [0.2, 0.25) is 0 Å². The molecular weight excluding hydrogens is 465 g/mol. The Balaban J connectivity index is 1.37. The minimum atomic E-state index is -4.41. The van der Waals surface area contributed by atoms with Gasteiger partial charge in [0.1, 0.15) is 12.2 Å². The lowest BCUT2D eigenvalue weighted by molar-refractivity contribution is -0.137. The normalized spacial score (nSPS) is 25.5. The Morgan fingerprint density at radius 2 is 1.74 bits per heavy atom. The van der Waals surface area contributed by atoms with Gasteiger partial charge in [0.05, 0.1) is 24.3 Å². The molecule has 2 aromatic rings. The monoisotopic (exact) mass is 494 g/mol. The Morgan fingerprint density at radius 1 is 1.03 bits per heavy atom. The van der Waals surface area contributed by atoms with Crippen molar-refractivity contribution in [1.29, 1.82) is 0 Å². The molecule has 2 saturated heterocycles. The van der Waals surface area contributed by atoms with Crippen LogP contribution in [0.25, 0.3) is 0 Å². The van der Waals surface area contributed by atoms with Gasteiger partial charge in [-0.15, -0.1) is 0 Å². The van der Waals surface area contributed by atoms with E-state index in [9.17, 15) is 28.2 Å². The van der Waals surface area contributed by atoms with Crippen LogP contribution in [0.5, 0.6) is 0 Å². The molecule has 0 spiro atoms. The molecule has 0 saturated carbocycles. The van der Waals surface area contributed by atoms with Crippen molar-refractivity contribution in [3.8, 4) is 0 Å². The Bertz CT molecular complexity index is 986. The van der Waals surface area contributed by atoms with Crippen molar-refractivity contribution >= 4 is 17.4 Å². The molecule has 4 unspecified atom stereocenters. The molecule has 2 heterocycles. The SMILES string of the molecule is O=C(NCC1OC(CO)C(O)C1N1CCN(c2cccc(C(F)(F)F)c2)CC1)Nc1ccccc1. The maximum Gasteiger partial charge on any atom is 0.416 e. The Labute approximate surface area is 201 Å². The average molecular weight is 495 g/mol. The van der Waals surface area contributed by atoms with Gasteiger partial charge in [0.2, 0.25) is 0 Å². The topological polar surface area (TPSA) is 97.3 Å². The summed E-state index contributed by atoms with van der Waals surface area (Å²) in [5.41, 5.74) is 0.433. The highest BCUT2D eigenvalue weighted by Crippen LogP contribution is 2.32. The number of ether oxygens (including phenoxy) is 1. The molecule has 2 aliphatic heterocycles. The van der Waals surface area contributed by atoms with E-state index in [2.05, 4.69) is 10.6 Å². The minimum Gasteiger partial charge on any atom is -0.394 e. The zero-order chi connectivity index (χ0) is 25.0. The fraction of sp³-hybridized carbons (Fsp3) is 0.458. The molecule has 4 N–H and O–H groups in total. The van der Waals surface area contributed by atoms with Crippen molar-refractivity contribution in [3.63, 3.8) is 0 Å². The second-order valence-corrected chi connectivity index (χ2v) is 8.65. The van der Waals surface area contributed by atoms with E-state index in [0.717, 1.165) is 12.1 Å². The number of hydrogen-bond donors (Lipinski definition) is 4. The number of alkyl halides is 3. The van der Waals surface area contributed by atoms with Gasteiger partial charge in [-0.25, -0.2) is 4.79 Å². The molecule has 2 fully saturated rings. The van der Waals surface area contributed by atoms with Crippen LogP contribution in [0.3, 0.4) is 0 Å². The molecule has 190 valence electrons. The van der Waals surface area contributed by atoms with Gasteiger partial charge in [-0.3, -0.25) is 4.90 Å². The summed E-state index contributed by atoms with van der Waals surface area (Å²) in [5.74, 6) is 0. The number of nitrogens with zero attached hydrogens (tertiary/aromatic N) is 2. The number of hydrogen-bond acceptors (Lipinski definition) is 6. The Kier molecular flexibility index (Phi) is 7.80. The molecule has 11 heteroatoms. The van der Waals surface area contributed by atoms with Crippen LogP contribution in [-0.2, 0) is 10.9 Å². The largest absolute Gasteiger partial charge is 0.416 e. The maximum absolute atomic E-state index is 13.1. The van der Waals surface area contributed by atoms with Crippen LogP contribution < -0.4 is 15.5 Å². The molecule has 0 aliphatic carbocycles. The lowest BCUT2D eigenvalue weighted by Gasteiger charge is -2.41. The number of aliphatic hydroxyl groups is 2. The first-order valence-electron chi connectivity index (χ1n) is 11.5. The third kappa shape index (κ3) is 6.04. The maximum atomic E-state index is 13.1. The zero-order valence-electron chi connectivity index (χ0n) is 19.0. The van der Waals surface area contributed by atoms with Crippen LogP contribution in [0, 0.1) is 0 Å². The molecule has 8 nitrogen and oxygen atoms in total. The fourth-order valence-corrected chi connectivity index (χ4v) is 4.64. The molecule has 0 bridgehead atoms. The van der Waals surface area contributed by atoms with Crippen molar-refractivity contribution in [2.75, 3.05) is 49.5 Å². The highest BCUT2D eigenvalue weighted by molar-refractivity contribution is 5.89. The second kappa shape index (κ2) is 10.8. The lowest BCUT2D eigenvalue weighted by Crippen LogP contribution is -2.57. The molecule has 2 aromatic carbocycles. The number of benzene rings is 2. The van der Waals surface area contributed by atoms with Crippen LogP contribution in [0.4, 0.5) is 29.3 Å². The summed E-state index contributed by atoms with van der Waals surface area (Å²) < 4.78 is 45.1. The van der Waals surface area contributed by atoms with Gasteiger partial charge in [-0.2, -0.15) is 13.2 Å². The first-order chi connectivity index (χ1) is 16.8. The molecular formula is C24H29F3N4O4. The number of aliphatic hydroxyl groups excluding tert-OH is 2. The Morgan fingerprint density at radius 3 is 2.40 bits per heavy atom. The average Bonchev–Trinajstić information content (AvgIpc) is 3.18. The van der Waals surface area contributed by atoms with E-state index >= 15 is 0 Å². The van der Waals surface area contributed by atoms with E-state index in [1.807, 2.05) is 15.9 Å². The van der Waals surface area contributed by atoms with Crippen molar-refractivity contribution in [2.45, 2.75) is 30.5 Å². The number of rotatable bonds is 6. The summed E-state index contributed by atoms with van der Waals surface area (Å²) in [5, 5.41) is 25.9. The van der Waals surface area contributed by atoms with Crippen molar-refractivity contribution in [3.05, 3.63) is 60.2 Å². The summed E-state index contributed by atoms with van der Waals surface area (Å²) in [6, 6.07) is 13.3. The predicted octanol–water partition coefficient (Wildman–Crippen LogP) is 2.14. The van der Waals surface area contributed by atoms with Crippen LogP contribution in [0.1, 0.15) is 5.56 Å². The van der Waals surface area contributed by atoms with Crippen molar-refractivity contribution in [1.82, 2.24) is 10.2 Å². The minimum absolute atomic E-state index is 0.116. The zero-order valence-corrected chi connectivity index (χ0v) is 19.0. The van der Waals surface area contributed by atoms with E-state index in [4.69, 9.17) is 4.74 Å². The number of carbonyl (C=O) groups excluding carboxylic acids is 1. The summed E-state index contributed by atoms with van der Waals surface area (Å²) >= 11 is 0. The van der Waals surface area contributed by atoms with E-state index in [1.165, 1.54) is 6.07 Å². The number of amides is 2. The number of carbonyl (C=O) groups is 1. The Hall–Kier alpha value is -2.86. The van der Waals surface area contributed by atoms with Gasteiger partial charge >= 0.3 is 12.2 Å². The number of nitrogens with one attached hydrogen (secondary N) is 2. The van der Waals surface area contributed by atoms with Gasteiger partial charge in [-0.1, -0.05) is 24.3 Å². The first-order valence-corrected chi connectivity index (χ1v) is 11.5. The molecule has 4 rings (SSSR count). The van der Waals surface area contributed by atoms with Crippen LogP contribution in [0.15, 0.2) is 54.6 Å². The molecule has 2 amide bonds. The van der Waals surface area contributed by atoms with E-state index in [1.54, 1.807) is 30.3 Å². The van der Waals surface area contributed by atoms with Gasteiger partial charge < -0.3 is 30.5 Å². The van der Waals surface area contributed by atoms with Crippen molar-refractivity contribution in [2.24, 2.45) is 0 Å². The summed E-state index contributed by atoms with van der Waals surface area (Å²) in [4.78, 5) is 16.2.